The third-order valence-electron chi connectivity index (χ3n) is 5.85. The van der Waals surface area contributed by atoms with Gasteiger partial charge < -0.3 is 15.0 Å². The third-order valence-corrected chi connectivity index (χ3v) is 5.85. The fourth-order valence-electron chi connectivity index (χ4n) is 4.72. The molecule has 4 nitrogen and oxygen atoms in total. The number of nitrogens with one attached hydrogen (secondary N) is 1. The minimum absolute atomic E-state index is 0.300. The van der Waals surface area contributed by atoms with Crippen LogP contribution in [0.15, 0.2) is 18.2 Å². The second-order valence-corrected chi connectivity index (χ2v) is 8.16. The number of rotatable bonds is 5. The van der Waals surface area contributed by atoms with E-state index in [2.05, 4.69) is 53.8 Å². The highest BCUT2D eigenvalue weighted by Gasteiger charge is 2.35. The van der Waals surface area contributed by atoms with Crippen molar-refractivity contribution in [3.63, 3.8) is 0 Å². The lowest BCUT2D eigenvalue weighted by Crippen LogP contribution is -2.46. The number of aliphatic hydroxyl groups is 1. The van der Waals surface area contributed by atoms with Crippen molar-refractivity contribution in [1.29, 1.82) is 0 Å². The van der Waals surface area contributed by atoms with E-state index in [1.165, 1.54) is 41.4 Å². The molecule has 0 fully saturated rings. The maximum absolute atomic E-state index is 10.5. The van der Waals surface area contributed by atoms with Gasteiger partial charge in [-0.1, -0.05) is 25.5 Å². The van der Waals surface area contributed by atoms with Crippen LogP contribution in [-0.2, 0) is 13.0 Å². The van der Waals surface area contributed by atoms with Crippen LogP contribution >= 0.6 is 0 Å². The van der Waals surface area contributed by atoms with Crippen molar-refractivity contribution in [3.05, 3.63) is 35.0 Å². The molecule has 1 aromatic heterocycles. The zero-order chi connectivity index (χ0) is 17.6. The summed E-state index contributed by atoms with van der Waals surface area (Å²) in [6, 6.07) is 7.79. The first-order valence-electron chi connectivity index (χ1n) is 9.81. The summed E-state index contributed by atoms with van der Waals surface area (Å²) in [5, 5.41) is 15.3. The van der Waals surface area contributed by atoms with Crippen molar-refractivity contribution >= 4 is 10.9 Å². The topological polar surface area (TPSA) is 40.4 Å². The summed E-state index contributed by atoms with van der Waals surface area (Å²) in [5.41, 5.74) is 5.85. The Hall–Kier alpha value is -1.36. The largest absolute Gasteiger partial charge is 0.390 e. The fraction of sp³-hybridized carbons (Fsp3) is 0.619. The van der Waals surface area contributed by atoms with Gasteiger partial charge in [-0.15, -0.1) is 0 Å². The highest BCUT2D eigenvalue weighted by atomic mass is 16.3. The molecule has 1 aliphatic carbocycles. The standard InChI is InChI=1S/C21H31N3O/c1-14(2)22-12-16(25)13-23-9-10-24-19-8-7-15(3)11-18(19)17-5-4-6-20(23)21(17)24/h7-8,11,14,16,20,22,25H,4-6,9-10,12-13H2,1-3H3/t16-,20+/m0/s1. The van der Waals surface area contributed by atoms with Crippen LogP contribution in [0.1, 0.15) is 49.6 Å². The first kappa shape index (κ1) is 17.1. The SMILES string of the molecule is Cc1ccc2c(c1)c1c3n2CCN(C[C@@H](O)CNC(C)C)[C@@H]3CCC1. The molecule has 2 aliphatic rings. The highest BCUT2D eigenvalue weighted by Crippen LogP contribution is 2.42. The monoisotopic (exact) mass is 341 g/mol. The first-order valence-corrected chi connectivity index (χ1v) is 9.81. The van der Waals surface area contributed by atoms with Gasteiger partial charge >= 0.3 is 0 Å². The second kappa shape index (κ2) is 6.75. The van der Waals surface area contributed by atoms with Gasteiger partial charge in [0.1, 0.15) is 0 Å². The number of benzene rings is 1. The van der Waals surface area contributed by atoms with E-state index in [1.54, 1.807) is 5.56 Å². The molecule has 4 rings (SSSR count). The van der Waals surface area contributed by atoms with Crippen LogP contribution in [0.5, 0.6) is 0 Å². The Morgan fingerprint density at radius 2 is 2.12 bits per heavy atom. The van der Waals surface area contributed by atoms with E-state index in [0.29, 0.717) is 18.6 Å². The normalized spacial score (nSPS) is 21.7. The summed E-state index contributed by atoms with van der Waals surface area (Å²) < 4.78 is 2.56. The predicted octanol–water partition coefficient (Wildman–Crippen LogP) is 3.00. The van der Waals surface area contributed by atoms with Gasteiger partial charge in [0.15, 0.2) is 0 Å². The van der Waals surface area contributed by atoms with Crippen LogP contribution in [-0.4, -0.2) is 46.4 Å². The molecule has 0 saturated carbocycles. The van der Waals surface area contributed by atoms with Gasteiger partial charge in [-0.2, -0.15) is 0 Å². The van der Waals surface area contributed by atoms with E-state index in [0.717, 1.165) is 19.6 Å². The zero-order valence-corrected chi connectivity index (χ0v) is 15.8. The third kappa shape index (κ3) is 3.12. The van der Waals surface area contributed by atoms with Crippen molar-refractivity contribution in [2.45, 2.75) is 64.8 Å². The number of nitrogens with zero attached hydrogens (tertiary/aromatic N) is 2. The molecule has 25 heavy (non-hydrogen) atoms. The van der Waals surface area contributed by atoms with Crippen molar-refractivity contribution in [2.75, 3.05) is 19.6 Å². The Bertz CT molecular complexity index is 764. The van der Waals surface area contributed by atoms with Crippen molar-refractivity contribution in [3.8, 4) is 0 Å². The number of hydrogen-bond acceptors (Lipinski definition) is 3. The summed E-state index contributed by atoms with van der Waals surface area (Å²) in [6.07, 6.45) is 3.36. The van der Waals surface area contributed by atoms with Crippen LogP contribution in [0.2, 0.25) is 0 Å². The number of hydrogen-bond donors (Lipinski definition) is 2. The molecule has 0 unspecified atom stereocenters. The molecule has 4 heteroatoms. The Morgan fingerprint density at radius 3 is 2.92 bits per heavy atom. The number of aromatic nitrogens is 1. The molecular formula is C21H31N3O. The molecule has 2 aromatic rings. The van der Waals surface area contributed by atoms with Gasteiger partial charge in [-0.25, -0.2) is 0 Å². The van der Waals surface area contributed by atoms with Gasteiger partial charge in [-0.3, -0.25) is 4.90 Å². The molecule has 0 bridgehead atoms. The summed E-state index contributed by atoms with van der Waals surface area (Å²) >= 11 is 0. The minimum atomic E-state index is -0.300. The van der Waals surface area contributed by atoms with Crippen LogP contribution in [0, 0.1) is 6.92 Å². The predicted molar refractivity (Wildman–Crippen MR) is 103 cm³/mol. The Labute approximate surface area is 150 Å². The molecule has 2 N–H and O–H groups in total. The highest BCUT2D eigenvalue weighted by molar-refractivity contribution is 5.87. The molecule has 136 valence electrons. The van der Waals surface area contributed by atoms with Crippen molar-refractivity contribution in [1.82, 2.24) is 14.8 Å². The van der Waals surface area contributed by atoms with E-state index in [9.17, 15) is 5.11 Å². The molecule has 1 aromatic carbocycles. The van der Waals surface area contributed by atoms with Crippen molar-refractivity contribution < 1.29 is 5.11 Å². The lowest BCUT2D eigenvalue weighted by atomic mass is 9.89. The van der Waals surface area contributed by atoms with E-state index >= 15 is 0 Å². The Balaban J connectivity index is 1.62. The summed E-state index contributed by atoms with van der Waals surface area (Å²) in [7, 11) is 0. The molecule has 1 aliphatic heterocycles. The number of aliphatic hydroxyl groups excluding tert-OH is 1. The average molecular weight is 341 g/mol. The molecule has 2 heterocycles. The molecular weight excluding hydrogens is 310 g/mol. The van der Waals surface area contributed by atoms with E-state index < -0.39 is 0 Å². The quantitative estimate of drug-likeness (QED) is 0.878. The van der Waals surface area contributed by atoms with Crippen LogP contribution in [0.4, 0.5) is 0 Å². The van der Waals surface area contributed by atoms with E-state index in [-0.39, 0.29) is 6.10 Å². The van der Waals surface area contributed by atoms with Crippen LogP contribution in [0.25, 0.3) is 10.9 Å². The number of β-amino-alcohol motifs (C(OH)–C–C–N with tert-alkyl or cyclic N) is 1. The van der Waals surface area contributed by atoms with Gasteiger partial charge in [-0.05, 0) is 43.9 Å². The van der Waals surface area contributed by atoms with E-state index in [1.807, 2.05) is 0 Å². The lowest BCUT2D eigenvalue weighted by molar-refractivity contribution is 0.0631. The smallest absolute Gasteiger partial charge is 0.0791 e. The Kier molecular flexibility index (Phi) is 4.61. The first-order chi connectivity index (χ1) is 12.0. The molecule has 0 saturated heterocycles. The maximum atomic E-state index is 10.5. The fourth-order valence-corrected chi connectivity index (χ4v) is 4.72. The van der Waals surface area contributed by atoms with Gasteiger partial charge in [0.25, 0.3) is 0 Å². The molecule has 0 amide bonds. The van der Waals surface area contributed by atoms with Crippen LogP contribution in [0.3, 0.4) is 0 Å². The van der Waals surface area contributed by atoms with Crippen molar-refractivity contribution in [2.24, 2.45) is 0 Å². The minimum Gasteiger partial charge on any atom is -0.390 e. The summed E-state index contributed by atoms with van der Waals surface area (Å²) in [6.45, 7) is 9.96. The molecule has 2 atom stereocenters. The summed E-state index contributed by atoms with van der Waals surface area (Å²) in [4.78, 5) is 2.52. The number of fused-ring (bicyclic) bond motifs is 3. The second-order valence-electron chi connectivity index (χ2n) is 8.16. The van der Waals surface area contributed by atoms with E-state index in [4.69, 9.17) is 0 Å². The van der Waals surface area contributed by atoms with Gasteiger partial charge in [0, 0.05) is 48.8 Å². The van der Waals surface area contributed by atoms with Crippen LogP contribution < -0.4 is 5.32 Å². The molecule has 0 spiro atoms. The lowest BCUT2D eigenvalue weighted by Gasteiger charge is -2.40. The van der Waals surface area contributed by atoms with Gasteiger partial charge in [0.05, 0.1) is 12.1 Å². The summed E-state index contributed by atoms with van der Waals surface area (Å²) in [5.74, 6) is 0. The Morgan fingerprint density at radius 1 is 1.28 bits per heavy atom. The average Bonchev–Trinajstić information content (AvgIpc) is 2.90. The molecule has 0 radical (unpaired) electrons. The maximum Gasteiger partial charge on any atom is 0.0791 e. The van der Waals surface area contributed by atoms with Gasteiger partial charge in [0.2, 0.25) is 0 Å². The zero-order valence-electron chi connectivity index (χ0n) is 15.8. The number of aryl methyl sites for hydroxylation is 2.